The molecule has 0 spiro atoms. The van der Waals surface area contributed by atoms with Crippen molar-refractivity contribution in [3.05, 3.63) is 28.8 Å². The average molecular weight is 247 g/mol. The van der Waals surface area contributed by atoms with Crippen molar-refractivity contribution in [2.45, 2.75) is 46.0 Å². The number of hydrogen-bond donors (Lipinski definition) is 1. The first-order valence-corrected chi connectivity index (χ1v) is 7.13. The van der Waals surface area contributed by atoms with Crippen LogP contribution in [0.4, 0.5) is 0 Å². The zero-order chi connectivity index (χ0) is 13.0. The van der Waals surface area contributed by atoms with E-state index in [0.717, 1.165) is 37.7 Å². The molecule has 0 bridgehead atoms. The fourth-order valence-electron chi connectivity index (χ4n) is 2.34. The van der Waals surface area contributed by atoms with Crippen LogP contribution in [-0.4, -0.2) is 13.2 Å². The van der Waals surface area contributed by atoms with Crippen LogP contribution in [0, 0.1) is 19.8 Å². The Balaban J connectivity index is 2.06. The van der Waals surface area contributed by atoms with E-state index in [4.69, 9.17) is 10.5 Å². The fraction of sp³-hybridized carbons (Fsp3) is 0.625. The van der Waals surface area contributed by atoms with Gasteiger partial charge in [-0.25, -0.2) is 0 Å². The molecule has 100 valence electrons. The maximum Gasteiger partial charge on any atom is 0.122 e. The molecule has 0 unspecified atom stereocenters. The van der Waals surface area contributed by atoms with Crippen LogP contribution in [0.3, 0.4) is 0 Å². The van der Waals surface area contributed by atoms with Gasteiger partial charge in [0.25, 0.3) is 0 Å². The lowest BCUT2D eigenvalue weighted by Gasteiger charge is -2.26. The molecule has 0 amide bonds. The van der Waals surface area contributed by atoms with Crippen molar-refractivity contribution in [1.29, 1.82) is 0 Å². The summed E-state index contributed by atoms with van der Waals surface area (Å²) in [5, 5.41) is 0. The minimum Gasteiger partial charge on any atom is -0.493 e. The number of aryl methyl sites for hydroxylation is 3. The topological polar surface area (TPSA) is 35.2 Å². The van der Waals surface area contributed by atoms with Crippen molar-refractivity contribution in [1.82, 2.24) is 0 Å². The Bertz CT molecular complexity index is 396. The molecular formula is C16H25NO. The highest BCUT2D eigenvalue weighted by molar-refractivity contribution is 5.42. The molecule has 1 aromatic carbocycles. The second-order valence-corrected chi connectivity index (χ2v) is 5.54. The molecule has 2 N–H and O–H groups in total. The summed E-state index contributed by atoms with van der Waals surface area (Å²) in [4.78, 5) is 0. The normalized spacial score (nSPS) is 15.5. The highest BCUT2D eigenvalue weighted by atomic mass is 16.5. The molecule has 2 nitrogen and oxygen atoms in total. The summed E-state index contributed by atoms with van der Waals surface area (Å²) in [5.74, 6) is 1.87. The highest BCUT2D eigenvalue weighted by Crippen LogP contribution is 2.29. The van der Waals surface area contributed by atoms with Crippen LogP contribution in [0.15, 0.2) is 12.1 Å². The van der Waals surface area contributed by atoms with E-state index in [2.05, 4.69) is 26.0 Å². The first-order valence-electron chi connectivity index (χ1n) is 7.13. The third-order valence-corrected chi connectivity index (χ3v) is 4.03. The van der Waals surface area contributed by atoms with Gasteiger partial charge in [-0.2, -0.15) is 0 Å². The van der Waals surface area contributed by atoms with Crippen molar-refractivity contribution < 1.29 is 4.74 Å². The Labute approximate surface area is 111 Å². The lowest BCUT2D eigenvalue weighted by atomic mass is 9.86. The predicted molar refractivity (Wildman–Crippen MR) is 76.1 cm³/mol. The van der Waals surface area contributed by atoms with Crippen molar-refractivity contribution in [3.8, 4) is 5.75 Å². The number of hydrogen-bond acceptors (Lipinski definition) is 2. The molecule has 1 aliphatic rings. The quantitative estimate of drug-likeness (QED) is 0.836. The van der Waals surface area contributed by atoms with Crippen molar-refractivity contribution in [2.75, 3.05) is 13.2 Å². The smallest absolute Gasteiger partial charge is 0.122 e. The van der Waals surface area contributed by atoms with Gasteiger partial charge in [0, 0.05) is 0 Å². The largest absolute Gasteiger partial charge is 0.493 e. The van der Waals surface area contributed by atoms with E-state index in [-0.39, 0.29) is 0 Å². The van der Waals surface area contributed by atoms with Crippen LogP contribution in [0.5, 0.6) is 5.75 Å². The van der Waals surface area contributed by atoms with Gasteiger partial charge in [0.1, 0.15) is 5.75 Å². The molecule has 1 aliphatic carbocycles. The molecule has 1 aromatic rings. The van der Waals surface area contributed by atoms with Crippen LogP contribution in [0.25, 0.3) is 0 Å². The third-order valence-electron chi connectivity index (χ3n) is 4.03. The van der Waals surface area contributed by atoms with Gasteiger partial charge >= 0.3 is 0 Å². The minimum atomic E-state index is 0.745. The molecule has 1 fully saturated rings. The van der Waals surface area contributed by atoms with E-state index in [1.807, 2.05) is 0 Å². The van der Waals surface area contributed by atoms with Crippen molar-refractivity contribution in [2.24, 2.45) is 11.7 Å². The maximum atomic E-state index is 6.03. The van der Waals surface area contributed by atoms with Gasteiger partial charge in [-0.1, -0.05) is 12.5 Å². The summed E-state index contributed by atoms with van der Waals surface area (Å²) >= 11 is 0. The molecule has 0 saturated heterocycles. The van der Waals surface area contributed by atoms with Crippen LogP contribution < -0.4 is 10.5 Å². The molecule has 18 heavy (non-hydrogen) atoms. The summed E-state index contributed by atoms with van der Waals surface area (Å²) in [5.41, 5.74) is 9.59. The van der Waals surface area contributed by atoms with Crippen molar-refractivity contribution >= 4 is 0 Å². The standard InChI is InChI=1S/C16H25NO/c1-12-9-15(7-4-8-17)16(10-13(12)2)18-11-14-5-3-6-14/h9-10,14H,3-8,11,17H2,1-2H3. The molecule has 2 rings (SSSR count). The van der Waals surface area contributed by atoms with Gasteiger partial charge in [0.2, 0.25) is 0 Å². The molecule has 2 heteroatoms. The first-order chi connectivity index (χ1) is 8.70. The summed E-state index contributed by atoms with van der Waals surface area (Å²) in [6.45, 7) is 5.95. The lowest BCUT2D eigenvalue weighted by molar-refractivity contribution is 0.179. The van der Waals surface area contributed by atoms with E-state index in [0.29, 0.717) is 0 Å². The monoisotopic (exact) mass is 247 g/mol. The number of ether oxygens (including phenoxy) is 1. The Morgan fingerprint density at radius 1 is 1.22 bits per heavy atom. The first kappa shape index (κ1) is 13.4. The maximum absolute atomic E-state index is 6.03. The highest BCUT2D eigenvalue weighted by Gasteiger charge is 2.18. The second kappa shape index (κ2) is 6.24. The van der Waals surface area contributed by atoms with Crippen LogP contribution in [-0.2, 0) is 6.42 Å². The van der Waals surface area contributed by atoms with E-state index in [9.17, 15) is 0 Å². The summed E-state index contributed by atoms with van der Waals surface area (Å²) in [6.07, 6.45) is 6.10. The van der Waals surface area contributed by atoms with Crippen LogP contribution in [0.2, 0.25) is 0 Å². The molecule has 0 heterocycles. The molecule has 0 radical (unpaired) electrons. The second-order valence-electron chi connectivity index (χ2n) is 5.54. The molecule has 1 saturated carbocycles. The predicted octanol–water partition coefficient (Wildman–Crippen LogP) is 3.37. The minimum absolute atomic E-state index is 0.745. The van der Waals surface area contributed by atoms with Gasteiger partial charge in [-0.3, -0.25) is 0 Å². The Kier molecular flexibility index (Phi) is 4.65. The van der Waals surface area contributed by atoms with Gasteiger partial charge < -0.3 is 10.5 Å². The van der Waals surface area contributed by atoms with Crippen LogP contribution in [0.1, 0.15) is 42.4 Å². The zero-order valence-corrected chi connectivity index (χ0v) is 11.7. The number of nitrogens with two attached hydrogens (primary N) is 1. The molecule has 0 aliphatic heterocycles. The number of rotatable bonds is 6. The number of benzene rings is 1. The van der Waals surface area contributed by atoms with Gasteiger partial charge in [-0.15, -0.1) is 0 Å². The van der Waals surface area contributed by atoms with E-state index < -0.39 is 0 Å². The Hall–Kier alpha value is -1.02. The van der Waals surface area contributed by atoms with E-state index >= 15 is 0 Å². The van der Waals surface area contributed by atoms with Gasteiger partial charge in [0.15, 0.2) is 0 Å². The van der Waals surface area contributed by atoms with Crippen LogP contribution >= 0.6 is 0 Å². The van der Waals surface area contributed by atoms with Gasteiger partial charge in [0.05, 0.1) is 6.61 Å². The molecule has 0 atom stereocenters. The van der Waals surface area contributed by atoms with E-state index in [1.165, 1.54) is 36.0 Å². The van der Waals surface area contributed by atoms with Gasteiger partial charge in [-0.05, 0) is 74.8 Å². The average Bonchev–Trinajstić information content (AvgIpc) is 2.29. The molecule has 0 aromatic heterocycles. The Morgan fingerprint density at radius 2 is 1.94 bits per heavy atom. The summed E-state index contributed by atoms with van der Waals surface area (Å²) in [6, 6.07) is 4.46. The SMILES string of the molecule is Cc1cc(CCCN)c(OCC2CCC2)cc1C. The fourth-order valence-corrected chi connectivity index (χ4v) is 2.34. The summed E-state index contributed by atoms with van der Waals surface area (Å²) in [7, 11) is 0. The summed E-state index contributed by atoms with van der Waals surface area (Å²) < 4.78 is 6.03. The Morgan fingerprint density at radius 3 is 2.56 bits per heavy atom. The van der Waals surface area contributed by atoms with E-state index in [1.54, 1.807) is 0 Å². The zero-order valence-electron chi connectivity index (χ0n) is 11.7. The third kappa shape index (κ3) is 3.26. The lowest BCUT2D eigenvalue weighted by Crippen LogP contribution is -2.19. The van der Waals surface area contributed by atoms with Crippen molar-refractivity contribution in [3.63, 3.8) is 0 Å². The molecular weight excluding hydrogens is 222 g/mol.